The zero-order valence-corrected chi connectivity index (χ0v) is 8.82. The van der Waals surface area contributed by atoms with Gasteiger partial charge in [0.15, 0.2) is 0 Å². The third kappa shape index (κ3) is 4.02. The molecule has 1 rings (SSSR count). The lowest BCUT2D eigenvalue weighted by molar-refractivity contribution is -0.122. The molecule has 0 fully saturated rings. The lowest BCUT2D eigenvalue weighted by atomic mass is 9.97. The minimum Gasteiger partial charge on any atom is -0.354 e. The van der Waals surface area contributed by atoms with E-state index in [-0.39, 0.29) is 17.9 Å². The maximum Gasteiger partial charge on any atom is 0.241 e. The van der Waals surface area contributed by atoms with Crippen LogP contribution in [0, 0.1) is 5.41 Å². The van der Waals surface area contributed by atoms with Gasteiger partial charge in [-0.15, -0.1) is 5.10 Å². The minimum absolute atomic E-state index is 0.0366. The zero-order valence-electron chi connectivity index (χ0n) is 8.82. The molecule has 5 heteroatoms. The van der Waals surface area contributed by atoms with E-state index >= 15 is 0 Å². The first kappa shape index (κ1) is 10.7. The first-order valence-electron chi connectivity index (χ1n) is 4.58. The fourth-order valence-corrected chi connectivity index (χ4v) is 0.884. The molecule has 1 aromatic heterocycles. The summed E-state index contributed by atoms with van der Waals surface area (Å²) in [6, 6.07) is 0. The van der Waals surface area contributed by atoms with Crippen molar-refractivity contribution in [1.82, 2.24) is 20.3 Å². The van der Waals surface area contributed by atoms with E-state index in [4.69, 9.17) is 0 Å². The molecule has 0 saturated heterocycles. The molecule has 0 aromatic carbocycles. The smallest absolute Gasteiger partial charge is 0.241 e. The Balaban J connectivity index is 2.30. The van der Waals surface area contributed by atoms with E-state index in [1.165, 1.54) is 4.68 Å². The Kier molecular flexibility index (Phi) is 3.22. The highest BCUT2D eigenvalue weighted by molar-refractivity contribution is 5.75. The molecule has 78 valence electrons. The van der Waals surface area contributed by atoms with Crippen LogP contribution in [0.4, 0.5) is 0 Å². The van der Waals surface area contributed by atoms with Gasteiger partial charge in [-0.3, -0.25) is 4.79 Å². The zero-order chi connectivity index (χ0) is 10.6. The predicted molar refractivity (Wildman–Crippen MR) is 52.5 cm³/mol. The van der Waals surface area contributed by atoms with Gasteiger partial charge in [-0.2, -0.15) is 0 Å². The van der Waals surface area contributed by atoms with Crippen molar-refractivity contribution in [2.75, 3.05) is 6.54 Å². The molecule has 0 aliphatic carbocycles. The summed E-state index contributed by atoms with van der Waals surface area (Å²) >= 11 is 0. The molecule has 1 aromatic rings. The average molecular weight is 196 g/mol. The van der Waals surface area contributed by atoms with Gasteiger partial charge in [0.05, 0.1) is 6.20 Å². The van der Waals surface area contributed by atoms with Gasteiger partial charge in [-0.05, 0) is 5.41 Å². The third-order valence-corrected chi connectivity index (χ3v) is 1.59. The molecule has 1 N–H and O–H groups in total. The van der Waals surface area contributed by atoms with E-state index < -0.39 is 0 Å². The van der Waals surface area contributed by atoms with E-state index in [1.807, 2.05) is 0 Å². The van der Waals surface area contributed by atoms with Crippen LogP contribution in [0.15, 0.2) is 12.4 Å². The normalized spacial score (nSPS) is 11.4. The number of carbonyl (C=O) groups excluding carboxylic acids is 1. The monoisotopic (exact) mass is 196 g/mol. The average Bonchev–Trinajstić information content (AvgIpc) is 2.52. The van der Waals surface area contributed by atoms with Crippen molar-refractivity contribution in [2.24, 2.45) is 5.41 Å². The van der Waals surface area contributed by atoms with Crippen LogP contribution in [-0.2, 0) is 11.3 Å². The van der Waals surface area contributed by atoms with Crippen LogP contribution in [0.25, 0.3) is 0 Å². The largest absolute Gasteiger partial charge is 0.354 e. The summed E-state index contributed by atoms with van der Waals surface area (Å²) in [5.74, 6) is -0.0366. The Morgan fingerprint density at radius 3 is 2.71 bits per heavy atom. The van der Waals surface area contributed by atoms with Crippen molar-refractivity contribution < 1.29 is 4.79 Å². The Hall–Kier alpha value is -1.39. The van der Waals surface area contributed by atoms with Crippen LogP contribution in [0.1, 0.15) is 20.8 Å². The van der Waals surface area contributed by atoms with Crippen molar-refractivity contribution in [1.29, 1.82) is 0 Å². The molecule has 0 atom stereocenters. The molecular weight excluding hydrogens is 180 g/mol. The van der Waals surface area contributed by atoms with E-state index in [2.05, 4.69) is 36.4 Å². The lowest BCUT2D eigenvalue weighted by Crippen LogP contribution is -2.34. The van der Waals surface area contributed by atoms with Crippen molar-refractivity contribution in [3.63, 3.8) is 0 Å². The van der Waals surface area contributed by atoms with Crippen LogP contribution >= 0.6 is 0 Å². The van der Waals surface area contributed by atoms with E-state index in [1.54, 1.807) is 12.4 Å². The standard InChI is InChI=1S/C9H16N4O/c1-9(2,3)7-10-8(14)6-13-5-4-11-12-13/h4-5H,6-7H2,1-3H3,(H,10,14). The topological polar surface area (TPSA) is 59.8 Å². The quantitative estimate of drug-likeness (QED) is 0.763. The number of rotatable bonds is 3. The summed E-state index contributed by atoms with van der Waals surface area (Å²) in [6.45, 7) is 7.12. The Morgan fingerprint density at radius 1 is 1.50 bits per heavy atom. The van der Waals surface area contributed by atoms with E-state index in [9.17, 15) is 4.79 Å². The third-order valence-electron chi connectivity index (χ3n) is 1.59. The van der Waals surface area contributed by atoms with Gasteiger partial charge >= 0.3 is 0 Å². The first-order valence-corrected chi connectivity index (χ1v) is 4.58. The molecule has 0 radical (unpaired) electrons. The second-order valence-electron chi connectivity index (χ2n) is 4.44. The maximum absolute atomic E-state index is 11.4. The van der Waals surface area contributed by atoms with Crippen molar-refractivity contribution >= 4 is 5.91 Å². The number of aromatic nitrogens is 3. The van der Waals surface area contributed by atoms with Gasteiger partial charge in [0.1, 0.15) is 6.54 Å². The highest BCUT2D eigenvalue weighted by Crippen LogP contribution is 2.09. The van der Waals surface area contributed by atoms with E-state index in [0.29, 0.717) is 6.54 Å². The van der Waals surface area contributed by atoms with Crippen LogP contribution in [0.3, 0.4) is 0 Å². The van der Waals surface area contributed by atoms with Crippen LogP contribution in [0.5, 0.6) is 0 Å². The number of amides is 1. The second-order valence-corrected chi connectivity index (χ2v) is 4.44. The molecule has 1 amide bonds. The van der Waals surface area contributed by atoms with Gasteiger partial charge < -0.3 is 5.32 Å². The van der Waals surface area contributed by atoms with Crippen LogP contribution in [-0.4, -0.2) is 27.4 Å². The molecule has 5 nitrogen and oxygen atoms in total. The van der Waals surface area contributed by atoms with Crippen molar-refractivity contribution in [3.8, 4) is 0 Å². The highest BCUT2D eigenvalue weighted by atomic mass is 16.2. The second kappa shape index (κ2) is 4.21. The molecule has 0 aliphatic heterocycles. The SMILES string of the molecule is CC(C)(C)CNC(=O)Cn1ccnn1. The fraction of sp³-hybridized carbons (Fsp3) is 0.667. The summed E-state index contributed by atoms with van der Waals surface area (Å²) in [5.41, 5.74) is 0.109. The Morgan fingerprint density at radius 2 is 2.21 bits per heavy atom. The van der Waals surface area contributed by atoms with Gasteiger partial charge in [0.2, 0.25) is 5.91 Å². The summed E-state index contributed by atoms with van der Waals surface area (Å²) in [7, 11) is 0. The molecule has 1 heterocycles. The molecular formula is C9H16N4O. The number of hydrogen-bond donors (Lipinski definition) is 1. The van der Waals surface area contributed by atoms with Crippen molar-refractivity contribution in [3.05, 3.63) is 12.4 Å². The Labute approximate surface area is 83.5 Å². The van der Waals surface area contributed by atoms with Crippen molar-refractivity contribution in [2.45, 2.75) is 27.3 Å². The van der Waals surface area contributed by atoms with Gasteiger partial charge in [-0.25, -0.2) is 4.68 Å². The molecule has 14 heavy (non-hydrogen) atoms. The number of hydrogen-bond acceptors (Lipinski definition) is 3. The maximum atomic E-state index is 11.4. The Bertz CT molecular complexity index is 286. The van der Waals surface area contributed by atoms with E-state index in [0.717, 1.165) is 0 Å². The summed E-state index contributed by atoms with van der Waals surface area (Å²) in [5, 5.41) is 10.2. The fourth-order valence-electron chi connectivity index (χ4n) is 0.884. The number of nitrogens with one attached hydrogen (secondary N) is 1. The number of carbonyl (C=O) groups is 1. The summed E-state index contributed by atoms with van der Waals surface area (Å²) in [4.78, 5) is 11.4. The lowest BCUT2D eigenvalue weighted by Gasteiger charge is -2.18. The minimum atomic E-state index is -0.0366. The van der Waals surface area contributed by atoms with Gasteiger partial charge in [0, 0.05) is 12.7 Å². The molecule has 0 aliphatic rings. The predicted octanol–water partition coefficient (Wildman–Crippen LogP) is 0.440. The van der Waals surface area contributed by atoms with Gasteiger partial charge in [-0.1, -0.05) is 26.0 Å². The molecule has 0 spiro atoms. The number of nitrogens with zero attached hydrogens (tertiary/aromatic N) is 3. The molecule has 0 unspecified atom stereocenters. The van der Waals surface area contributed by atoms with Gasteiger partial charge in [0.25, 0.3) is 0 Å². The summed E-state index contributed by atoms with van der Waals surface area (Å²) < 4.78 is 1.50. The molecule has 0 saturated carbocycles. The first-order chi connectivity index (χ1) is 6.47. The molecule has 0 bridgehead atoms. The van der Waals surface area contributed by atoms with Crippen LogP contribution < -0.4 is 5.32 Å². The highest BCUT2D eigenvalue weighted by Gasteiger charge is 2.11. The summed E-state index contributed by atoms with van der Waals surface area (Å²) in [6.07, 6.45) is 3.22. The van der Waals surface area contributed by atoms with Crippen LogP contribution in [0.2, 0.25) is 0 Å².